The molecule has 0 spiro atoms. The van der Waals surface area contributed by atoms with E-state index in [0.717, 1.165) is 58.5 Å². The zero-order chi connectivity index (χ0) is 18.1. The lowest BCUT2D eigenvalue weighted by atomic mass is 10.1. The van der Waals surface area contributed by atoms with Gasteiger partial charge in [-0.25, -0.2) is 9.97 Å². The van der Waals surface area contributed by atoms with E-state index in [1.807, 2.05) is 24.7 Å². The summed E-state index contributed by atoms with van der Waals surface area (Å²) in [6.45, 7) is 4.06. The predicted molar refractivity (Wildman–Crippen MR) is 110 cm³/mol. The number of pyridine rings is 1. The molecule has 0 amide bonds. The van der Waals surface area contributed by atoms with E-state index in [-0.39, 0.29) is 0 Å². The van der Waals surface area contributed by atoms with Crippen molar-refractivity contribution in [2.24, 2.45) is 0 Å². The lowest BCUT2D eigenvalue weighted by Crippen LogP contribution is -2.43. The first-order valence-electron chi connectivity index (χ1n) is 8.94. The van der Waals surface area contributed by atoms with Gasteiger partial charge in [0, 0.05) is 55.9 Å². The van der Waals surface area contributed by atoms with E-state index >= 15 is 0 Å². The molecule has 3 aromatic heterocycles. The molecule has 0 atom stereocenters. The molecular formula is C19H19N7S. The number of fused-ring (bicyclic) bond motifs is 1. The summed E-state index contributed by atoms with van der Waals surface area (Å²) in [7, 11) is 0. The molecule has 0 aliphatic carbocycles. The highest BCUT2D eigenvalue weighted by molar-refractivity contribution is 7.22. The standard InChI is InChI=1S/C19H19N7S/c1-2-16-17(9-13(1)14-11-22-23-12-14)27-19(24-16)25-18-10-15(3-4-21-18)26-7-5-20-6-8-26/h1-4,9-12,20H,5-8H2,(H,22,23)(H,21,24,25). The molecule has 1 aliphatic rings. The number of thiazole rings is 1. The van der Waals surface area contributed by atoms with Crippen LogP contribution in [-0.2, 0) is 0 Å². The molecule has 1 aliphatic heterocycles. The molecule has 7 nitrogen and oxygen atoms in total. The number of rotatable bonds is 4. The van der Waals surface area contributed by atoms with Gasteiger partial charge in [-0.1, -0.05) is 17.4 Å². The first-order valence-corrected chi connectivity index (χ1v) is 9.75. The highest BCUT2D eigenvalue weighted by Gasteiger charge is 2.12. The third-order valence-electron chi connectivity index (χ3n) is 4.68. The molecule has 0 radical (unpaired) electrons. The molecule has 1 saturated heterocycles. The Bertz CT molecular complexity index is 1050. The van der Waals surface area contributed by atoms with Gasteiger partial charge >= 0.3 is 0 Å². The van der Waals surface area contributed by atoms with Crippen LogP contribution in [0.25, 0.3) is 21.3 Å². The van der Waals surface area contributed by atoms with Crippen LogP contribution >= 0.6 is 11.3 Å². The summed E-state index contributed by atoms with van der Waals surface area (Å²) in [6.07, 6.45) is 5.57. The van der Waals surface area contributed by atoms with Crippen LogP contribution in [0.15, 0.2) is 48.9 Å². The smallest absolute Gasteiger partial charge is 0.189 e. The number of piperazine rings is 1. The van der Waals surface area contributed by atoms with Gasteiger partial charge in [0.25, 0.3) is 0 Å². The Morgan fingerprint density at radius 1 is 1.07 bits per heavy atom. The van der Waals surface area contributed by atoms with Crippen molar-refractivity contribution in [2.75, 3.05) is 36.4 Å². The number of aromatic nitrogens is 4. The van der Waals surface area contributed by atoms with Crippen molar-refractivity contribution in [1.82, 2.24) is 25.5 Å². The maximum absolute atomic E-state index is 4.69. The van der Waals surface area contributed by atoms with Crippen molar-refractivity contribution in [1.29, 1.82) is 0 Å². The lowest BCUT2D eigenvalue weighted by molar-refractivity contribution is 0.589. The average molecular weight is 377 g/mol. The third-order valence-corrected chi connectivity index (χ3v) is 5.61. The summed E-state index contributed by atoms with van der Waals surface area (Å²) >= 11 is 1.63. The highest BCUT2D eigenvalue weighted by Crippen LogP contribution is 2.32. The number of aromatic amines is 1. The van der Waals surface area contributed by atoms with Crippen molar-refractivity contribution >= 4 is 38.2 Å². The van der Waals surface area contributed by atoms with Crippen LogP contribution in [0.5, 0.6) is 0 Å². The molecule has 0 unspecified atom stereocenters. The molecule has 3 N–H and O–H groups in total. The minimum absolute atomic E-state index is 0.820. The number of hydrogen-bond donors (Lipinski definition) is 3. The number of hydrogen-bond acceptors (Lipinski definition) is 7. The van der Waals surface area contributed by atoms with Gasteiger partial charge in [0.2, 0.25) is 0 Å². The number of nitrogens with one attached hydrogen (secondary N) is 3. The maximum Gasteiger partial charge on any atom is 0.189 e. The maximum atomic E-state index is 4.69. The van der Waals surface area contributed by atoms with Crippen molar-refractivity contribution in [3.8, 4) is 11.1 Å². The number of nitrogens with zero attached hydrogens (tertiary/aromatic N) is 4. The van der Waals surface area contributed by atoms with Gasteiger partial charge in [-0.05, 0) is 23.8 Å². The fraction of sp³-hybridized carbons (Fsp3) is 0.211. The Morgan fingerprint density at radius 2 is 2.00 bits per heavy atom. The molecule has 0 saturated carbocycles. The van der Waals surface area contributed by atoms with Crippen LogP contribution in [0.4, 0.5) is 16.6 Å². The van der Waals surface area contributed by atoms with E-state index in [1.165, 1.54) is 5.69 Å². The molecule has 1 fully saturated rings. The quantitative estimate of drug-likeness (QED) is 0.507. The third kappa shape index (κ3) is 3.36. The van der Waals surface area contributed by atoms with Crippen molar-refractivity contribution in [3.05, 3.63) is 48.9 Å². The van der Waals surface area contributed by atoms with Gasteiger partial charge in [0.05, 0.1) is 16.4 Å². The molecule has 27 heavy (non-hydrogen) atoms. The van der Waals surface area contributed by atoms with E-state index in [9.17, 15) is 0 Å². The molecule has 1 aromatic carbocycles. The average Bonchev–Trinajstić information content (AvgIpc) is 3.38. The largest absolute Gasteiger partial charge is 0.369 e. The van der Waals surface area contributed by atoms with Crippen LogP contribution < -0.4 is 15.5 Å². The Balaban J connectivity index is 1.39. The topological polar surface area (TPSA) is 81.8 Å². The Labute approximate surface area is 160 Å². The second-order valence-corrected chi connectivity index (χ2v) is 7.48. The van der Waals surface area contributed by atoms with Crippen molar-refractivity contribution in [2.45, 2.75) is 0 Å². The highest BCUT2D eigenvalue weighted by atomic mass is 32.1. The van der Waals surface area contributed by atoms with Gasteiger partial charge in [0.1, 0.15) is 5.82 Å². The second-order valence-electron chi connectivity index (χ2n) is 6.45. The van der Waals surface area contributed by atoms with Gasteiger partial charge < -0.3 is 15.5 Å². The predicted octanol–water partition coefficient (Wildman–Crippen LogP) is 3.23. The Morgan fingerprint density at radius 3 is 2.85 bits per heavy atom. The normalized spacial score (nSPS) is 14.6. The van der Waals surface area contributed by atoms with Gasteiger partial charge in [-0.3, -0.25) is 5.10 Å². The zero-order valence-corrected chi connectivity index (χ0v) is 15.5. The van der Waals surface area contributed by atoms with Crippen molar-refractivity contribution < 1.29 is 0 Å². The summed E-state index contributed by atoms with van der Waals surface area (Å²) in [6, 6.07) is 10.4. The first-order chi connectivity index (χ1) is 13.3. The van der Waals surface area contributed by atoms with Crippen LogP contribution in [0.1, 0.15) is 0 Å². The molecular weight excluding hydrogens is 358 g/mol. The first kappa shape index (κ1) is 16.2. The molecule has 0 bridgehead atoms. The van der Waals surface area contributed by atoms with E-state index in [2.05, 4.69) is 55.0 Å². The number of benzene rings is 1. The molecule has 5 rings (SSSR count). The molecule has 8 heteroatoms. The summed E-state index contributed by atoms with van der Waals surface area (Å²) in [5.41, 5.74) is 4.38. The zero-order valence-electron chi connectivity index (χ0n) is 14.6. The Kier molecular flexibility index (Phi) is 4.19. The lowest BCUT2D eigenvalue weighted by Gasteiger charge is -2.29. The van der Waals surface area contributed by atoms with Crippen molar-refractivity contribution in [3.63, 3.8) is 0 Å². The summed E-state index contributed by atoms with van der Waals surface area (Å²) in [5, 5.41) is 14.5. The summed E-state index contributed by atoms with van der Waals surface area (Å²) in [5.74, 6) is 0.820. The van der Waals surface area contributed by atoms with E-state index in [4.69, 9.17) is 4.98 Å². The van der Waals surface area contributed by atoms with E-state index < -0.39 is 0 Å². The molecule has 4 heterocycles. The second kappa shape index (κ2) is 6.98. The monoisotopic (exact) mass is 377 g/mol. The van der Waals surface area contributed by atoms with Crippen LogP contribution in [0.2, 0.25) is 0 Å². The molecule has 4 aromatic rings. The Hall–Kier alpha value is -2.97. The van der Waals surface area contributed by atoms with Crippen LogP contribution in [-0.4, -0.2) is 46.3 Å². The minimum Gasteiger partial charge on any atom is -0.369 e. The fourth-order valence-corrected chi connectivity index (χ4v) is 4.20. The minimum atomic E-state index is 0.820. The van der Waals surface area contributed by atoms with E-state index in [1.54, 1.807) is 11.3 Å². The number of anilines is 3. The summed E-state index contributed by atoms with van der Waals surface area (Å²) < 4.78 is 1.13. The van der Waals surface area contributed by atoms with Gasteiger partial charge in [0.15, 0.2) is 5.13 Å². The van der Waals surface area contributed by atoms with Gasteiger partial charge in [-0.15, -0.1) is 0 Å². The van der Waals surface area contributed by atoms with Gasteiger partial charge in [-0.2, -0.15) is 5.10 Å². The van der Waals surface area contributed by atoms with Crippen LogP contribution in [0.3, 0.4) is 0 Å². The number of H-pyrrole nitrogens is 1. The SMILES string of the molecule is c1cc(N2CCNCC2)cc(Nc2nc3ccc(-c4cn[nH]c4)cc3s2)n1. The summed E-state index contributed by atoms with van der Waals surface area (Å²) in [4.78, 5) is 11.5. The fourth-order valence-electron chi connectivity index (χ4n) is 3.28. The van der Waals surface area contributed by atoms with Crippen LogP contribution in [0, 0.1) is 0 Å². The van der Waals surface area contributed by atoms with E-state index in [0.29, 0.717) is 0 Å². The molecule has 136 valence electrons.